The number of halogens is 1. The number of aromatic amines is 1. The Balaban J connectivity index is 1.19. The van der Waals surface area contributed by atoms with E-state index in [1.807, 2.05) is 0 Å². The molecule has 21 nitrogen and oxygen atoms in total. The zero-order chi connectivity index (χ0) is 31.0. The lowest BCUT2D eigenvalue weighted by atomic mass is 10.1. The van der Waals surface area contributed by atoms with Gasteiger partial charge in [0.25, 0.3) is 5.56 Å². The minimum atomic E-state index is -5.00. The number of anilines is 2. The summed E-state index contributed by atoms with van der Waals surface area (Å²) in [4.78, 5) is 45.0. The fourth-order valence-electron chi connectivity index (χ4n) is 5.29. The first-order chi connectivity index (χ1) is 20.9. The fraction of sp³-hybridized carbons (Fsp3) is 0.500. The van der Waals surface area contributed by atoms with E-state index in [-0.39, 0.29) is 40.5 Å². The van der Waals surface area contributed by atoms with E-state index >= 15 is 4.39 Å². The van der Waals surface area contributed by atoms with E-state index in [0.717, 1.165) is 6.33 Å². The summed E-state index contributed by atoms with van der Waals surface area (Å²) in [6.45, 7) is -1.25. The van der Waals surface area contributed by atoms with Crippen molar-refractivity contribution in [2.24, 2.45) is 0 Å². The van der Waals surface area contributed by atoms with Crippen molar-refractivity contribution in [3.05, 3.63) is 29.3 Å². The third kappa shape index (κ3) is 5.10. The summed E-state index contributed by atoms with van der Waals surface area (Å²) < 4.78 is 87.0. The molecule has 7 rings (SSSR count). The van der Waals surface area contributed by atoms with Gasteiger partial charge in [-0.3, -0.25) is 28.0 Å². The van der Waals surface area contributed by atoms with E-state index in [4.69, 9.17) is 34.2 Å². The van der Waals surface area contributed by atoms with Crippen LogP contribution in [0.3, 0.4) is 0 Å². The van der Waals surface area contributed by atoms with E-state index in [1.54, 1.807) is 0 Å². The molecule has 4 aromatic heterocycles. The van der Waals surface area contributed by atoms with Gasteiger partial charge in [-0.25, -0.2) is 33.1 Å². The summed E-state index contributed by atoms with van der Waals surface area (Å²) in [6.07, 6.45) is -7.16. The second-order valence-corrected chi connectivity index (χ2v) is 12.8. The van der Waals surface area contributed by atoms with Gasteiger partial charge in [-0.1, -0.05) is 0 Å². The number of rotatable bonds is 2. The smallest absolute Gasteiger partial charge is 0.382 e. The van der Waals surface area contributed by atoms with Gasteiger partial charge in [-0.15, -0.1) is 0 Å². The maximum Gasteiger partial charge on any atom is 0.472 e. The third-order valence-electron chi connectivity index (χ3n) is 7.19. The van der Waals surface area contributed by atoms with Gasteiger partial charge in [0.2, 0.25) is 5.95 Å². The lowest BCUT2D eigenvalue weighted by Gasteiger charge is -2.24. The number of imidazole rings is 2. The Morgan fingerprint density at radius 2 is 1.80 bits per heavy atom. The summed E-state index contributed by atoms with van der Waals surface area (Å²) >= 11 is 0. The Kier molecular flexibility index (Phi) is 6.91. The molecule has 0 aliphatic carbocycles. The van der Waals surface area contributed by atoms with Crippen LogP contribution in [0.5, 0.6) is 0 Å². The van der Waals surface area contributed by atoms with Crippen molar-refractivity contribution in [2.45, 2.75) is 49.5 Å². The largest absolute Gasteiger partial charge is 0.472 e. The van der Waals surface area contributed by atoms with Gasteiger partial charge in [0, 0.05) is 13.0 Å². The Morgan fingerprint density at radius 1 is 1.05 bits per heavy atom. The number of hydrogen-bond acceptors (Lipinski definition) is 16. The number of nitrogens with two attached hydrogens (primary N) is 2. The van der Waals surface area contributed by atoms with Gasteiger partial charge in [0.15, 0.2) is 41.3 Å². The minimum absolute atomic E-state index is 0.0176. The number of phosphoric acid groups is 1. The van der Waals surface area contributed by atoms with Crippen molar-refractivity contribution in [1.29, 1.82) is 0 Å². The molecule has 7 heterocycles. The van der Waals surface area contributed by atoms with Crippen LogP contribution in [0.25, 0.3) is 22.3 Å². The highest BCUT2D eigenvalue weighted by Crippen LogP contribution is 2.50. The first-order valence-electron chi connectivity index (χ1n) is 12.8. The maximum atomic E-state index is 15.9. The van der Waals surface area contributed by atoms with Crippen LogP contribution in [0.1, 0.15) is 18.9 Å². The normalized spacial score (nSPS) is 34.4. The van der Waals surface area contributed by atoms with Crippen molar-refractivity contribution in [3.63, 3.8) is 0 Å². The average molecular weight is 660 g/mol. The summed E-state index contributed by atoms with van der Waals surface area (Å²) in [5.41, 5.74) is 10.9. The topological polar surface area (TPSA) is 289 Å². The third-order valence-corrected chi connectivity index (χ3v) is 9.19. The van der Waals surface area contributed by atoms with Gasteiger partial charge >= 0.3 is 18.1 Å². The molecule has 0 amide bonds. The quantitative estimate of drug-likeness (QED) is 0.151. The molecular formula is C20H23FN11O10PS. The number of hydrogen-bond donors (Lipinski definition) is 5. The van der Waals surface area contributed by atoms with Crippen LogP contribution in [0.4, 0.5) is 16.2 Å². The number of ether oxygens (including phenoxy) is 2. The number of aromatic nitrogens is 8. The van der Waals surface area contributed by atoms with Gasteiger partial charge < -0.3 is 25.8 Å². The summed E-state index contributed by atoms with van der Waals surface area (Å²) in [7, 11) is -9.61. The Morgan fingerprint density at radius 3 is 2.59 bits per heavy atom. The van der Waals surface area contributed by atoms with Crippen LogP contribution in [-0.4, -0.2) is 96.1 Å². The Labute approximate surface area is 244 Å². The molecule has 8 atom stereocenters. The molecule has 7 N–H and O–H groups in total. The van der Waals surface area contributed by atoms with Crippen LogP contribution < -0.4 is 21.7 Å². The van der Waals surface area contributed by atoms with Crippen molar-refractivity contribution in [3.8, 4) is 0 Å². The highest BCUT2D eigenvalue weighted by molar-refractivity contribution is 7.84. The predicted octanol–water partition coefficient (Wildman–Crippen LogP) is -1.62. The molecule has 0 saturated carbocycles. The van der Waals surface area contributed by atoms with E-state index < -0.39 is 79.9 Å². The maximum absolute atomic E-state index is 15.9. The molecule has 4 aromatic rings. The van der Waals surface area contributed by atoms with Crippen molar-refractivity contribution in [2.75, 3.05) is 24.6 Å². The molecule has 0 aromatic carbocycles. The van der Waals surface area contributed by atoms with E-state index in [9.17, 15) is 22.7 Å². The second kappa shape index (κ2) is 10.5. The first-order valence-corrected chi connectivity index (χ1v) is 15.7. The van der Waals surface area contributed by atoms with Crippen molar-refractivity contribution in [1.82, 2.24) is 43.8 Å². The molecule has 3 aliphatic rings. The van der Waals surface area contributed by atoms with Gasteiger partial charge in [-0.05, 0) is 0 Å². The van der Waals surface area contributed by atoms with Crippen LogP contribution >= 0.6 is 7.82 Å². The standard InChI is InChI=1S/C20H23FN11O10PS/c21-10-13-9(40-19(10)31-5-26-11-14(22)24-4-25-15(11)31)2-28-44(36,37)42-8-1-7(3-38-43(34,35)41-13)39-18(8)32-6-27-12-16(32)29-20(23)30-17(12)33/h4-10,13,18-19,28H,1-3H2,(H,34,35)(H2,22,24,25)(H3,23,29,30,33). The molecule has 3 fully saturated rings. The summed E-state index contributed by atoms with van der Waals surface area (Å²) in [5.74, 6) is -0.214. The molecule has 0 radical (unpaired) electrons. The molecule has 8 unspecified atom stereocenters. The number of phosphoric ester groups is 1. The fourth-order valence-corrected chi connectivity index (χ4v) is 7.20. The zero-order valence-electron chi connectivity index (χ0n) is 22.0. The lowest BCUT2D eigenvalue weighted by Crippen LogP contribution is -2.42. The Hall–Kier alpha value is -3.67. The number of nitrogen functional groups attached to an aromatic ring is 2. The van der Waals surface area contributed by atoms with Crippen LogP contribution in [0.15, 0.2) is 23.8 Å². The summed E-state index contributed by atoms with van der Waals surface area (Å²) in [6, 6.07) is 0. The Bertz CT molecular complexity index is 1970. The zero-order valence-corrected chi connectivity index (χ0v) is 23.7. The molecule has 3 saturated heterocycles. The van der Waals surface area contributed by atoms with Crippen LogP contribution in [0, 0.1) is 0 Å². The summed E-state index contributed by atoms with van der Waals surface area (Å²) in [5, 5.41) is 0. The lowest BCUT2D eigenvalue weighted by molar-refractivity contribution is -0.0487. The van der Waals surface area contributed by atoms with Gasteiger partial charge in [-0.2, -0.15) is 18.1 Å². The van der Waals surface area contributed by atoms with Crippen molar-refractivity contribution < 1.29 is 45.0 Å². The average Bonchev–Trinajstić information content (AvgIpc) is 3.72. The number of alkyl halides is 1. The minimum Gasteiger partial charge on any atom is -0.382 e. The molecule has 236 valence electrons. The molecule has 44 heavy (non-hydrogen) atoms. The predicted molar refractivity (Wildman–Crippen MR) is 142 cm³/mol. The number of nitrogens with zero attached hydrogens (tertiary/aromatic N) is 7. The molecule has 0 spiro atoms. The first kappa shape index (κ1) is 29.1. The SMILES string of the molecule is Nc1nc2c(ncn2C2OC3COP(=O)(O)OC4C(CNS(=O)(=O)OC2C3)OC(n2cnc3c(N)ncnc32)C4F)c(=O)[nH]1. The number of nitrogens with one attached hydrogen (secondary N) is 2. The van der Waals surface area contributed by atoms with E-state index in [2.05, 4.69) is 34.6 Å². The van der Waals surface area contributed by atoms with E-state index in [1.165, 1.54) is 21.8 Å². The molecule has 24 heteroatoms. The second-order valence-electron chi connectivity index (χ2n) is 10.0. The number of H-pyrrole nitrogens is 1. The van der Waals surface area contributed by atoms with Crippen LogP contribution in [-0.2, 0) is 37.6 Å². The van der Waals surface area contributed by atoms with Gasteiger partial charge in [0.05, 0.1) is 25.4 Å². The van der Waals surface area contributed by atoms with Gasteiger partial charge in [0.1, 0.15) is 30.2 Å². The van der Waals surface area contributed by atoms with E-state index in [0.29, 0.717) is 0 Å². The molecular weight excluding hydrogens is 636 g/mol. The van der Waals surface area contributed by atoms with Crippen molar-refractivity contribution >= 4 is 52.2 Å². The molecule has 3 aliphatic heterocycles. The highest BCUT2D eigenvalue weighted by Gasteiger charge is 2.52. The molecule has 2 bridgehead atoms. The highest BCUT2D eigenvalue weighted by atomic mass is 32.2. The monoisotopic (exact) mass is 659 g/mol. The van der Waals surface area contributed by atoms with Crippen LogP contribution in [0.2, 0.25) is 0 Å². The number of fused-ring (bicyclic) bond motifs is 5.